The number of unbranched alkanes of at least 4 members (excludes halogenated alkanes) is 1. The lowest BCUT2D eigenvalue weighted by Crippen LogP contribution is -2.64. The van der Waals surface area contributed by atoms with Gasteiger partial charge >= 0.3 is 0 Å². The number of likely N-dealkylation sites (tertiary alicyclic amines) is 1. The lowest BCUT2D eigenvalue weighted by Gasteiger charge is -2.52. The Balaban J connectivity index is 1.45. The van der Waals surface area contributed by atoms with Gasteiger partial charge in [-0.15, -0.1) is 6.54 Å². The molecule has 3 atom stereocenters. The fourth-order valence-electron chi connectivity index (χ4n) is 5.91. The van der Waals surface area contributed by atoms with Crippen LogP contribution in [0.25, 0.3) is 5.32 Å². The van der Waals surface area contributed by atoms with Gasteiger partial charge in [-0.1, -0.05) is 75.5 Å². The van der Waals surface area contributed by atoms with Crippen LogP contribution in [0.4, 0.5) is 0 Å². The summed E-state index contributed by atoms with van der Waals surface area (Å²) in [5.74, 6) is 1.46. The molecule has 2 aromatic carbocycles. The van der Waals surface area contributed by atoms with Gasteiger partial charge < -0.3 is 30.3 Å². The van der Waals surface area contributed by atoms with Gasteiger partial charge in [0.05, 0.1) is 20.2 Å². The predicted octanol–water partition coefficient (Wildman–Crippen LogP) is 4.78. The molecule has 0 aromatic heterocycles. The topological polar surface area (TPSA) is 76.9 Å². The van der Waals surface area contributed by atoms with Gasteiger partial charge in [0.1, 0.15) is 11.4 Å². The number of amides is 1. The lowest BCUT2D eigenvalue weighted by atomic mass is 9.82. The molecule has 39 heavy (non-hydrogen) atoms. The summed E-state index contributed by atoms with van der Waals surface area (Å²) in [6.07, 6.45) is 4.77. The van der Waals surface area contributed by atoms with Crippen molar-refractivity contribution in [2.24, 2.45) is 5.92 Å². The van der Waals surface area contributed by atoms with Crippen LogP contribution in [-0.2, 0) is 21.6 Å². The molecular weight excluding hydrogens is 488 g/mol. The monoisotopic (exact) mass is 535 g/mol. The minimum atomic E-state index is -0.435. The number of methoxy groups -OCH3 is 1. The number of hydrogen-bond acceptors (Lipinski definition) is 5. The first-order valence-electron chi connectivity index (χ1n) is 14.7. The average Bonchev–Trinajstić information content (AvgIpc) is 3.47. The van der Waals surface area contributed by atoms with Crippen molar-refractivity contribution in [1.29, 1.82) is 0 Å². The summed E-state index contributed by atoms with van der Waals surface area (Å²) >= 11 is 0. The van der Waals surface area contributed by atoms with Gasteiger partial charge in [-0.3, -0.25) is 4.79 Å². The van der Waals surface area contributed by atoms with Gasteiger partial charge in [0, 0.05) is 25.9 Å². The van der Waals surface area contributed by atoms with Crippen molar-refractivity contribution >= 4 is 5.91 Å². The van der Waals surface area contributed by atoms with Crippen LogP contribution in [0.15, 0.2) is 48.5 Å². The minimum absolute atomic E-state index is 0.0998. The van der Waals surface area contributed by atoms with E-state index in [1.807, 2.05) is 29.2 Å². The summed E-state index contributed by atoms with van der Waals surface area (Å²) in [6.45, 7) is 11.0. The first kappa shape index (κ1) is 29.5. The van der Waals surface area contributed by atoms with E-state index in [0.717, 1.165) is 50.2 Å². The number of rotatable bonds is 15. The first-order chi connectivity index (χ1) is 19.0. The largest absolute Gasteiger partial charge is 0.651 e. The minimum Gasteiger partial charge on any atom is -0.651 e. The number of carbonyl (C=O) groups is 1. The summed E-state index contributed by atoms with van der Waals surface area (Å²) in [4.78, 5) is 15.9. The Morgan fingerprint density at radius 3 is 2.56 bits per heavy atom. The van der Waals surface area contributed by atoms with Gasteiger partial charge in [0.2, 0.25) is 5.91 Å². The van der Waals surface area contributed by atoms with E-state index in [1.54, 1.807) is 7.11 Å². The Bertz CT molecular complexity index is 1030. The Kier molecular flexibility index (Phi) is 10.8. The number of carbonyl (C=O) groups excluding carboxylic acids is 1. The van der Waals surface area contributed by atoms with E-state index >= 15 is 0 Å². The van der Waals surface area contributed by atoms with E-state index in [0.29, 0.717) is 44.6 Å². The molecule has 7 nitrogen and oxygen atoms in total. The zero-order valence-electron chi connectivity index (χ0n) is 24.2. The highest BCUT2D eigenvalue weighted by molar-refractivity contribution is 5.85. The Labute approximate surface area is 235 Å². The van der Waals surface area contributed by atoms with Crippen molar-refractivity contribution < 1.29 is 14.3 Å². The van der Waals surface area contributed by atoms with Gasteiger partial charge in [0.25, 0.3) is 0 Å². The van der Waals surface area contributed by atoms with E-state index in [-0.39, 0.29) is 5.91 Å². The van der Waals surface area contributed by atoms with Gasteiger partial charge in [-0.05, 0) is 54.5 Å². The van der Waals surface area contributed by atoms with Crippen molar-refractivity contribution in [3.8, 4) is 5.75 Å². The van der Waals surface area contributed by atoms with Gasteiger partial charge in [0.15, 0.2) is 0 Å². The van der Waals surface area contributed by atoms with Crippen LogP contribution in [0.3, 0.4) is 0 Å². The second kappa shape index (κ2) is 14.3. The molecule has 2 fully saturated rings. The maximum atomic E-state index is 13.9. The quantitative estimate of drug-likeness (QED) is 0.321. The molecule has 0 bridgehead atoms. The zero-order valence-corrected chi connectivity index (χ0v) is 24.2. The highest BCUT2D eigenvalue weighted by atomic mass is 16.5. The summed E-state index contributed by atoms with van der Waals surface area (Å²) in [5.41, 5.74) is 3.06. The third-order valence-corrected chi connectivity index (χ3v) is 8.39. The SMILES string of the molecule is CCCCOC1(c2ccccc2C)CN(C(=O)C(Cc2ccc(OC)cc2)[N-]CCC(CC)C2CNCN2)C1. The predicted molar refractivity (Wildman–Crippen MR) is 157 cm³/mol. The Hall–Kier alpha value is -2.45. The second-order valence-corrected chi connectivity index (χ2v) is 11.1. The van der Waals surface area contributed by atoms with Gasteiger partial charge in [-0.2, -0.15) is 0 Å². The molecule has 0 radical (unpaired) electrons. The number of benzene rings is 2. The number of ether oxygens (including phenoxy) is 2. The molecule has 2 aliphatic rings. The molecule has 0 saturated carbocycles. The van der Waals surface area contributed by atoms with Crippen LogP contribution in [-0.4, -0.2) is 69.5 Å². The first-order valence-corrected chi connectivity index (χ1v) is 14.7. The molecule has 1 amide bonds. The molecule has 2 aromatic rings. The van der Waals surface area contributed by atoms with Gasteiger partial charge in [-0.25, -0.2) is 0 Å². The summed E-state index contributed by atoms with van der Waals surface area (Å²) in [7, 11) is 1.67. The molecule has 3 unspecified atom stereocenters. The third kappa shape index (κ3) is 7.40. The highest BCUT2D eigenvalue weighted by Crippen LogP contribution is 2.39. The summed E-state index contributed by atoms with van der Waals surface area (Å²) in [6, 6.07) is 16.5. The fraction of sp³-hybridized carbons (Fsp3) is 0.594. The molecule has 0 aliphatic carbocycles. The molecule has 2 heterocycles. The molecule has 214 valence electrons. The Morgan fingerprint density at radius 1 is 1.15 bits per heavy atom. The van der Waals surface area contributed by atoms with Crippen molar-refractivity contribution in [3.05, 3.63) is 70.5 Å². The normalized spacial score (nSPS) is 19.9. The fourth-order valence-corrected chi connectivity index (χ4v) is 5.91. The van der Waals surface area contributed by atoms with Crippen LogP contribution in [0, 0.1) is 12.8 Å². The summed E-state index contributed by atoms with van der Waals surface area (Å²) in [5, 5.41) is 12.0. The molecule has 4 rings (SSSR count). The van der Waals surface area contributed by atoms with Crippen LogP contribution < -0.4 is 15.4 Å². The van der Waals surface area contributed by atoms with Crippen LogP contribution in [0.5, 0.6) is 5.75 Å². The van der Waals surface area contributed by atoms with Crippen LogP contribution >= 0.6 is 0 Å². The number of nitrogens with zero attached hydrogens (tertiary/aromatic N) is 2. The molecule has 2 aliphatic heterocycles. The molecule has 0 spiro atoms. The van der Waals surface area contributed by atoms with E-state index in [4.69, 9.17) is 14.8 Å². The van der Waals surface area contributed by atoms with E-state index in [1.165, 1.54) is 11.1 Å². The standard InChI is InChI=1S/C32H47N4O3/c1-5-7-18-39-32(28-11-9-8-10-24(28)3)21-36(22-32)31(37)29(19-25-12-14-27(38-4)15-13-25)34-17-16-26(6-2)30-20-33-23-35-30/h8-15,26,29-30,33,35H,5-7,16-23H2,1-4H3/q-1. The van der Waals surface area contributed by atoms with E-state index < -0.39 is 11.6 Å². The maximum absolute atomic E-state index is 13.9. The molecule has 2 N–H and O–H groups in total. The second-order valence-electron chi connectivity index (χ2n) is 11.1. The highest BCUT2D eigenvalue weighted by Gasteiger charge is 2.48. The van der Waals surface area contributed by atoms with E-state index in [9.17, 15) is 4.79 Å². The van der Waals surface area contributed by atoms with E-state index in [2.05, 4.69) is 55.7 Å². The van der Waals surface area contributed by atoms with Crippen molar-refractivity contribution in [3.63, 3.8) is 0 Å². The number of hydrogen-bond donors (Lipinski definition) is 2. The Morgan fingerprint density at radius 2 is 1.92 bits per heavy atom. The van der Waals surface area contributed by atoms with Crippen molar-refractivity contribution in [1.82, 2.24) is 15.5 Å². The number of nitrogens with one attached hydrogen (secondary N) is 2. The molecule has 7 heteroatoms. The average molecular weight is 536 g/mol. The van der Waals surface area contributed by atoms with Crippen molar-refractivity contribution in [2.45, 2.75) is 70.6 Å². The molecule has 2 saturated heterocycles. The lowest BCUT2D eigenvalue weighted by molar-refractivity contribution is -0.173. The van der Waals surface area contributed by atoms with Crippen LogP contribution in [0.2, 0.25) is 0 Å². The smallest absolute Gasteiger partial charge is 0.205 e. The number of aryl methyl sites for hydroxylation is 1. The maximum Gasteiger partial charge on any atom is 0.205 e. The molecular formula is C32H47N4O3-. The summed E-state index contributed by atoms with van der Waals surface area (Å²) < 4.78 is 11.8. The van der Waals surface area contributed by atoms with Crippen LogP contribution in [0.1, 0.15) is 56.2 Å². The zero-order chi connectivity index (χ0) is 27.7. The van der Waals surface area contributed by atoms with Crippen molar-refractivity contribution in [2.75, 3.05) is 46.6 Å². The third-order valence-electron chi connectivity index (χ3n) is 8.39.